The SMILES string of the molecule is COc1c(Nc2ccnc(Nc3ccc(C#N)cc3)n2)cccc1-c1ncn(C)n1. The van der Waals surface area contributed by atoms with E-state index in [0.717, 1.165) is 16.9 Å². The van der Waals surface area contributed by atoms with Crippen molar-refractivity contribution >= 4 is 23.1 Å². The van der Waals surface area contributed by atoms with E-state index >= 15 is 0 Å². The van der Waals surface area contributed by atoms with Gasteiger partial charge in [0.15, 0.2) is 11.6 Å². The Morgan fingerprint density at radius 3 is 2.57 bits per heavy atom. The van der Waals surface area contributed by atoms with Crippen molar-refractivity contribution in [3.8, 4) is 23.2 Å². The number of anilines is 4. The fraction of sp³-hybridized carbons (Fsp3) is 0.0952. The van der Waals surface area contributed by atoms with Gasteiger partial charge in [0.25, 0.3) is 0 Å². The van der Waals surface area contributed by atoms with Gasteiger partial charge >= 0.3 is 0 Å². The zero-order chi connectivity index (χ0) is 20.9. The smallest absolute Gasteiger partial charge is 0.229 e. The van der Waals surface area contributed by atoms with Gasteiger partial charge in [-0.3, -0.25) is 4.68 Å². The molecule has 0 aliphatic rings. The van der Waals surface area contributed by atoms with Crippen molar-refractivity contribution in [1.29, 1.82) is 5.26 Å². The molecule has 9 heteroatoms. The van der Waals surface area contributed by atoms with Gasteiger partial charge in [0.2, 0.25) is 5.95 Å². The molecular weight excluding hydrogens is 380 g/mol. The third-order valence-corrected chi connectivity index (χ3v) is 4.25. The Hall–Kier alpha value is -4.45. The molecule has 4 rings (SSSR count). The topological polar surface area (TPSA) is 114 Å². The zero-order valence-electron chi connectivity index (χ0n) is 16.4. The maximum Gasteiger partial charge on any atom is 0.229 e. The van der Waals surface area contributed by atoms with E-state index in [4.69, 9.17) is 10.00 Å². The van der Waals surface area contributed by atoms with Crippen LogP contribution in [0.1, 0.15) is 5.56 Å². The number of aryl methyl sites for hydroxylation is 1. The first-order valence-corrected chi connectivity index (χ1v) is 9.06. The Bertz CT molecular complexity index is 1210. The summed E-state index contributed by atoms with van der Waals surface area (Å²) in [5, 5.41) is 19.6. The van der Waals surface area contributed by atoms with Crippen molar-refractivity contribution in [1.82, 2.24) is 24.7 Å². The molecule has 2 heterocycles. The molecule has 9 nitrogen and oxygen atoms in total. The molecule has 2 aromatic heterocycles. The number of hydrogen-bond donors (Lipinski definition) is 2. The van der Waals surface area contributed by atoms with Gasteiger partial charge in [0.05, 0.1) is 30.0 Å². The number of rotatable bonds is 6. The van der Waals surface area contributed by atoms with Crippen molar-refractivity contribution < 1.29 is 4.74 Å². The molecule has 2 aromatic carbocycles. The van der Waals surface area contributed by atoms with Crippen LogP contribution in [-0.4, -0.2) is 31.8 Å². The van der Waals surface area contributed by atoms with Crippen LogP contribution in [0.3, 0.4) is 0 Å². The Morgan fingerprint density at radius 1 is 1.03 bits per heavy atom. The lowest BCUT2D eigenvalue weighted by molar-refractivity contribution is 0.418. The summed E-state index contributed by atoms with van der Waals surface area (Å²) in [5.41, 5.74) is 2.87. The van der Waals surface area contributed by atoms with Crippen LogP contribution in [-0.2, 0) is 7.05 Å². The standard InChI is InChI=1S/C21H18N8O/c1-29-13-24-20(28-29)16-4-3-5-17(19(16)30-2)26-18-10-11-23-21(27-18)25-15-8-6-14(12-22)7-9-15/h3-11,13H,1-2H3,(H2,23,25,26,27). The highest BCUT2D eigenvalue weighted by molar-refractivity contribution is 5.77. The van der Waals surface area contributed by atoms with E-state index in [9.17, 15) is 0 Å². The molecule has 0 atom stereocenters. The van der Waals surface area contributed by atoms with Crippen LogP contribution in [0.15, 0.2) is 61.1 Å². The molecule has 0 unspecified atom stereocenters. The minimum atomic E-state index is 0.422. The Balaban J connectivity index is 1.59. The van der Waals surface area contributed by atoms with Gasteiger partial charge < -0.3 is 15.4 Å². The minimum absolute atomic E-state index is 0.422. The molecule has 148 valence electrons. The highest BCUT2D eigenvalue weighted by atomic mass is 16.5. The van der Waals surface area contributed by atoms with Gasteiger partial charge in [-0.1, -0.05) is 6.07 Å². The van der Waals surface area contributed by atoms with Crippen LogP contribution in [0.25, 0.3) is 11.4 Å². The molecule has 0 saturated carbocycles. The maximum atomic E-state index is 8.91. The van der Waals surface area contributed by atoms with Gasteiger partial charge in [-0.15, -0.1) is 0 Å². The number of nitrogens with zero attached hydrogens (tertiary/aromatic N) is 6. The lowest BCUT2D eigenvalue weighted by Crippen LogP contribution is -2.02. The summed E-state index contributed by atoms with van der Waals surface area (Å²) in [7, 11) is 3.42. The second kappa shape index (κ2) is 8.28. The van der Waals surface area contributed by atoms with Crippen LogP contribution in [0.5, 0.6) is 5.75 Å². The van der Waals surface area contributed by atoms with E-state index in [1.165, 1.54) is 0 Å². The molecule has 0 aliphatic heterocycles. The second-order valence-electron chi connectivity index (χ2n) is 6.33. The van der Waals surface area contributed by atoms with Crippen LogP contribution in [0.2, 0.25) is 0 Å². The van der Waals surface area contributed by atoms with Crippen molar-refractivity contribution in [2.75, 3.05) is 17.7 Å². The molecule has 4 aromatic rings. The van der Waals surface area contributed by atoms with Crippen LogP contribution in [0, 0.1) is 11.3 Å². The van der Waals surface area contributed by atoms with Crippen molar-refractivity contribution in [2.45, 2.75) is 0 Å². The van der Waals surface area contributed by atoms with Gasteiger partial charge in [0, 0.05) is 18.9 Å². The number of nitrogens with one attached hydrogen (secondary N) is 2. The first-order valence-electron chi connectivity index (χ1n) is 9.06. The first-order chi connectivity index (χ1) is 14.7. The summed E-state index contributed by atoms with van der Waals surface area (Å²) < 4.78 is 7.26. The number of nitriles is 1. The monoisotopic (exact) mass is 398 g/mol. The molecule has 0 fully saturated rings. The number of methoxy groups -OCH3 is 1. The summed E-state index contributed by atoms with van der Waals surface area (Å²) in [4.78, 5) is 13.1. The molecule has 0 saturated heterocycles. The Morgan fingerprint density at radius 2 is 1.87 bits per heavy atom. The van der Waals surface area contributed by atoms with Gasteiger partial charge in [-0.25, -0.2) is 9.97 Å². The number of benzene rings is 2. The summed E-state index contributed by atoms with van der Waals surface area (Å²) >= 11 is 0. The van der Waals surface area contributed by atoms with Crippen molar-refractivity contribution in [3.05, 3.63) is 66.6 Å². The molecular formula is C21H18N8O. The predicted molar refractivity (Wildman–Crippen MR) is 113 cm³/mol. The van der Waals surface area contributed by atoms with Gasteiger partial charge in [-0.2, -0.15) is 15.3 Å². The van der Waals surface area contributed by atoms with Crippen molar-refractivity contribution in [2.24, 2.45) is 7.05 Å². The Labute approximate surface area is 173 Å². The molecule has 0 aliphatic carbocycles. The fourth-order valence-corrected chi connectivity index (χ4v) is 2.88. The normalized spacial score (nSPS) is 10.3. The van der Waals surface area contributed by atoms with E-state index < -0.39 is 0 Å². The number of para-hydroxylation sites is 1. The Kier molecular flexibility index (Phi) is 5.21. The van der Waals surface area contributed by atoms with E-state index in [2.05, 4.69) is 36.8 Å². The fourth-order valence-electron chi connectivity index (χ4n) is 2.88. The summed E-state index contributed by atoms with van der Waals surface area (Å²) in [5.74, 6) is 2.20. The maximum absolute atomic E-state index is 8.91. The van der Waals surface area contributed by atoms with Crippen LogP contribution >= 0.6 is 0 Å². The van der Waals surface area contributed by atoms with Gasteiger partial charge in [0.1, 0.15) is 12.1 Å². The quantitative estimate of drug-likeness (QED) is 0.506. The number of aromatic nitrogens is 5. The van der Waals surface area contributed by atoms with Crippen LogP contribution in [0.4, 0.5) is 23.1 Å². The third-order valence-electron chi connectivity index (χ3n) is 4.25. The predicted octanol–water partition coefficient (Wildman–Crippen LogP) is 3.64. The lowest BCUT2D eigenvalue weighted by Gasteiger charge is -2.14. The van der Waals surface area contributed by atoms with Crippen molar-refractivity contribution in [3.63, 3.8) is 0 Å². The summed E-state index contributed by atoms with van der Waals surface area (Å²) in [6.45, 7) is 0. The largest absolute Gasteiger partial charge is 0.494 e. The molecule has 2 N–H and O–H groups in total. The highest BCUT2D eigenvalue weighted by Crippen LogP contribution is 2.36. The highest BCUT2D eigenvalue weighted by Gasteiger charge is 2.15. The lowest BCUT2D eigenvalue weighted by atomic mass is 10.1. The minimum Gasteiger partial charge on any atom is -0.494 e. The molecule has 0 amide bonds. The molecule has 0 bridgehead atoms. The summed E-state index contributed by atoms with van der Waals surface area (Å²) in [6.07, 6.45) is 3.29. The van der Waals surface area contributed by atoms with E-state index in [1.54, 1.807) is 54.6 Å². The molecule has 0 radical (unpaired) electrons. The van der Waals surface area contributed by atoms with Crippen LogP contribution < -0.4 is 15.4 Å². The second-order valence-corrected chi connectivity index (χ2v) is 6.33. The average molecular weight is 398 g/mol. The zero-order valence-corrected chi connectivity index (χ0v) is 16.4. The molecule has 0 spiro atoms. The van der Waals surface area contributed by atoms with Gasteiger partial charge in [-0.05, 0) is 42.5 Å². The van der Waals surface area contributed by atoms with E-state index in [0.29, 0.717) is 28.9 Å². The van der Waals surface area contributed by atoms with E-state index in [1.807, 2.05) is 25.2 Å². The first kappa shape index (κ1) is 18.9. The number of ether oxygens (including phenoxy) is 1. The van der Waals surface area contributed by atoms with E-state index in [-0.39, 0.29) is 0 Å². The average Bonchev–Trinajstić information content (AvgIpc) is 3.20. The number of hydrogen-bond acceptors (Lipinski definition) is 8. The third kappa shape index (κ3) is 4.02. The summed E-state index contributed by atoms with van der Waals surface area (Å²) in [6, 6.07) is 16.6. The molecule has 30 heavy (non-hydrogen) atoms.